The van der Waals surface area contributed by atoms with Crippen LogP contribution in [0.5, 0.6) is 5.75 Å². The van der Waals surface area contributed by atoms with Crippen LogP contribution in [0.2, 0.25) is 0 Å². The smallest absolute Gasteiger partial charge is 0.318 e. The normalized spacial score (nSPS) is 13.6. The summed E-state index contributed by atoms with van der Waals surface area (Å²) in [6.07, 6.45) is 0.717. The molecule has 0 saturated carbocycles. The molecule has 1 heterocycles. The van der Waals surface area contributed by atoms with Gasteiger partial charge in [0.15, 0.2) is 5.78 Å². The number of aromatic nitrogens is 1. The number of nitrogens with zero attached hydrogens (tertiary/aromatic N) is 1. The van der Waals surface area contributed by atoms with Gasteiger partial charge in [-0.1, -0.05) is 72.8 Å². The number of primary amides is 1. The van der Waals surface area contributed by atoms with Gasteiger partial charge in [0.2, 0.25) is 11.8 Å². The van der Waals surface area contributed by atoms with Crippen molar-refractivity contribution in [3.8, 4) is 17.2 Å². The number of ketones is 1. The number of oxazole rings is 1. The molecule has 0 spiro atoms. The van der Waals surface area contributed by atoms with E-state index in [0.717, 1.165) is 22.6 Å². The zero-order chi connectivity index (χ0) is 34.3. The zero-order valence-corrected chi connectivity index (χ0v) is 27.2. The topological polar surface area (TPSA) is 145 Å². The van der Waals surface area contributed by atoms with E-state index in [4.69, 9.17) is 14.9 Å². The molecule has 4 aromatic carbocycles. The van der Waals surface area contributed by atoms with Gasteiger partial charge in [-0.3, -0.25) is 14.4 Å². The van der Waals surface area contributed by atoms with Crippen LogP contribution in [0.1, 0.15) is 59.6 Å². The first-order valence-electron chi connectivity index (χ1n) is 15.8. The number of ether oxygens (including phenoxy) is 1. The highest BCUT2D eigenvalue weighted by atomic mass is 16.5. The van der Waals surface area contributed by atoms with Gasteiger partial charge in [0.05, 0.1) is 17.8 Å². The minimum absolute atomic E-state index is 0.0454. The van der Waals surface area contributed by atoms with Gasteiger partial charge in [-0.05, 0) is 75.6 Å². The van der Waals surface area contributed by atoms with Gasteiger partial charge < -0.3 is 25.3 Å². The average Bonchev–Trinajstić information content (AvgIpc) is 3.48. The van der Waals surface area contributed by atoms with Crippen LogP contribution in [0.3, 0.4) is 0 Å². The first-order valence-corrected chi connectivity index (χ1v) is 15.8. The summed E-state index contributed by atoms with van der Waals surface area (Å²) in [5, 5.41) is 13.4. The van der Waals surface area contributed by atoms with Crippen LogP contribution in [-0.4, -0.2) is 34.4 Å². The number of carboxylic acids is 1. The molecule has 0 aliphatic rings. The molecule has 2 atom stereocenters. The lowest BCUT2D eigenvalue weighted by Crippen LogP contribution is -2.43. The number of aliphatic carboxylic acids is 1. The Balaban J connectivity index is 1.37. The van der Waals surface area contributed by atoms with Crippen molar-refractivity contribution in [2.24, 2.45) is 11.1 Å². The molecule has 1 amide bonds. The first kappa shape index (κ1) is 33.7. The summed E-state index contributed by atoms with van der Waals surface area (Å²) in [7, 11) is 0. The number of rotatable bonds is 15. The molecule has 0 saturated heterocycles. The Morgan fingerprint density at radius 2 is 1.48 bits per heavy atom. The number of nitrogens with two attached hydrogens (primary N) is 1. The van der Waals surface area contributed by atoms with E-state index in [1.807, 2.05) is 98.8 Å². The number of carbonyl (C=O) groups is 3. The van der Waals surface area contributed by atoms with Crippen molar-refractivity contribution < 1.29 is 28.6 Å². The van der Waals surface area contributed by atoms with Crippen LogP contribution >= 0.6 is 0 Å². The molecule has 246 valence electrons. The summed E-state index contributed by atoms with van der Waals surface area (Å²) >= 11 is 0. The molecule has 9 nitrogen and oxygen atoms in total. The Hall–Kier alpha value is -5.70. The van der Waals surface area contributed by atoms with E-state index in [2.05, 4.69) is 10.3 Å². The highest BCUT2D eigenvalue weighted by Crippen LogP contribution is 2.37. The lowest BCUT2D eigenvalue weighted by molar-refractivity contribution is -0.154. The second-order valence-corrected chi connectivity index (χ2v) is 12.2. The average molecular weight is 646 g/mol. The Bertz CT molecular complexity index is 1870. The quantitative estimate of drug-likeness (QED) is 0.0802. The predicted molar refractivity (Wildman–Crippen MR) is 184 cm³/mol. The standard InChI is InChI=1S/C39H39N3O6/c1-26-32(41-35(48-26)28-14-8-5-9-15-28)22-25-47-30-20-18-29(19-21-30)39(3,24-23-38(2,36(40)44)37(45)46)42-33-17-11-10-16-31(33)34(43)27-12-6-4-7-13-27/h4-21,42H,22-25H2,1-3H3,(H2,40,44)(H,45,46). The van der Waals surface area contributed by atoms with Crippen LogP contribution in [0.15, 0.2) is 114 Å². The Labute approximate surface area is 279 Å². The minimum Gasteiger partial charge on any atom is -0.493 e. The van der Waals surface area contributed by atoms with Gasteiger partial charge in [0.25, 0.3) is 0 Å². The molecule has 5 rings (SSSR count). The fraction of sp³-hybridized carbons (Fsp3) is 0.231. The third-order valence-corrected chi connectivity index (χ3v) is 8.77. The fourth-order valence-electron chi connectivity index (χ4n) is 5.50. The largest absolute Gasteiger partial charge is 0.493 e. The molecule has 0 fully saturated rings. The summed E-state index contributed by atoms with van der Waals surface area (Å²) in [6.45, 7) is 5.51. The maximum atomic E-state index is 13.5. The molecule has 0 aliphatic heterocycles. The van der Waals surface area contributed by atoms with Gasteiger partial charge >= 0.3 is 5.97 Å². The molecule has 1 aromatic heterocycles. The summed E-state index contributed by atoms with van der Waals surface area (Å²) in [5.41, 5.74) is 6.96. The van der Waals surface area contributed by atoms with Gasteiger partial charge in [0, 0.05) is 28.8 Å². The molecule has 5 aromatic rings. The maximum Gasteiger partial charge on any atom is 0.318 e. The molecule has 4 N–H and O–H groups in total. The van der Waals surface area contributed by atoms with Crippen molar-refractivity contribution in [3.05, 3.63) is 137 Å². The van der Waals surface area contributed by atoms with Crippen LogP contribution in [0.25, 0.3) is 11.5 Å². The molecule has 2 unspecified atom stereocenters. The molecular formula is C39H39N3O6. The number of hydrogen-bond acceptors (Lipinski definition) is 7. The summed E-state index contributed by atoms with van der Waals surface area (Å²) in [4.78, 5) is 42.6. The summed E-state index contributed by atoms with van der Waals surface area (Å²) < 4.78 is 11.9. The van der Waals surface area contributed by atoms with Crippen molar-refractivity contribution in [1.29, 1.82) is 0 Å². The van der Waals surface area contributed by atoms with Crippen molar-refractivity contribution >= 4 is 23.3 Å². The third-order valence-electron chi connectivity index (χ3n) is 8.77. The van der Waals surface area contributed by atoms with Crippen LogP contribution in [0, 0.1) is 12.3 Å². The molecule has 0 aliphatic carbocycles. The van der Waals surface area contributed by atoms with E-state index >= 15 is 0 Å². The Morgan fingerprint density at radius 3 is 2.12 bits per heavy atom. The molecule has 48 heavy (non-hydrogen) atoms. The number of anilines is 1. The number of carbonyl (C=O) groups excluding carboxylic acids is 2. The van der Waals surface area contributed by atoms with Gasteiger partial charge in [-0.15, -0.1) is 0 Å². The van der Waals surface area contributed by atoms with E-state index in [1.165, 1.54) is 6.92 Å². The van der Waals surface area contributed by atoms with Gasteiger partial charge in [0.1, 0.15) is 16.9 Å². The first-order chi connectivity index (χ1) is 23.0. The predicted octanol–water partition coefficient (Wildman–Crippen LogP) is 7.19. The van der Waals surface area contributed by atoms with E-state index in [9.17, 15) is 19.5 Å². The van der Waals surface area contributed by atoms with E-state index in [0.29, 0.717) is 41.5 Å². The van der Waals surface area contributed by atoms with Crippen molar-refractivity contribution in [3.63, 3.8) is 0 Å². The summed E-state index contributed by atoms with van der Waals surface area (Å²) in [5.74, 6) is -0.419. The van der Waals surface area contributed by atoms with Crippen molar-refractivity contribution in [2.45, 2.75) is 45.6 Å². The van der Waals surface area contributed by atoms with E-state index < -0.39 is 22.8 Å². The number of amides is 1. The second-order valence-electron chi connectivity index (χ2n) is 12.2. The number of hydrogen-bond donors (Lipinski definition) is 3. The zero-order valence-electron chi connectivity index (χ0n) is 27.2. The molecule has 0 radical (unpaired) electrons. The maximum absolute atomic E-state index is 13.5. The minimum atomic E-state index is -1.79. The van der Waals surface area contributed by atoms with Crippen molar-refractivity contribution in [1.82, 2.24) is 4.98 Å². The summed E-state index contributed by atoms with van der Waals surface area (Å²) in [6, 6.07) is 33.3. The highest BCUT2D eigenvalue weighted by Gasteiger charge is 2.42. The lowest BCUT2D eigenvalue weighted by Gasteiger charge is -2.36. The number of benzene rings is 4. The third kappa shape index (κ3) is 7.47. The number of carboxylic acid groups (broad SMARTS) is 1. The highest BCUT2D eigenvalue weighted by molar-refractivity contribution is 6.12. The van der Waals surface area contributed by atoms with Crippen LogP contribution in [-0.2, 0) is 21.5 Å². The van der Waals surface area contributed by atoms with Crippen LogP contribution in [0.4, 0.5) is 5.69 Å². The molecular weight excluding hydrogens is 606 g/mol. The Morgan fingerprint density at radius 1 is 0.854 bits per heavy atom. The molecule has 9 heteroatoms. The Kier molecular flexibility index (Phi) is 10.1. The number of para-hydroxylation sites is 1. The number of aryl methyl sites for hydroxylation is 1. The van der Waals surface area contributed by atoms with Crippen LogP contribution < -0.4 is 15.8 Å². The van der Waals surface area contributed by atoms with Gasteiger partial charge in [-0.2, -0.15) is 0 Å². The SMILES string of the molecule is Cc1oc(-c2ccccc2)nc1CCOc1ccc(C(C)(CCC(C)(C(N)=O)C(=O)O)Nc2ccccc2C(=O)c2ccccc2)cc1. The van der Waals surface area contributed by atoms with E-state index in [1.54, 1.807) is 24.3 Å². The molecule has 0 bridgehead atoms. The van der Waals surface area contributed by atoms with Gasteiger partial charge in [-0.25, -0.2) is 4.98 Å². The fourth-order valence-corrected chi connectivity index (χ4v) is 5.50. The van der Waals surface area contributed by atoms with E-state index in [-0.39, 0.29) is 18.6 Å². The number of nitrogens with one attached hydrogen (secondary N) is 1. The van der Waals surface area contributed by atoms with Crippen molar-refractivity contribution in [2.75, 3.05) is 11.9 Å². The monoisotopic (exact) mass is 645 g/mol. The lowest BCUT2D eigenvalue weighted by atomic mass is 9.77. The second kappa shape index (κ2) is 14.4.